The fourth-order valence-corrected chi connectivity index (χ4v) is 3.92. The highest BCUT2D eigenvalue weighted by molar-refractivity contribution is 5.95. The zero-order chi connectivity index (χ0) is 22.5. The fraction of sp³-hybridized carbons (Fsp3) is 0.417. The van der Waals surface area contributed by atoms with Crippen molar-refractivity contribution in [3.8, 4) is 0 Å². The monoisotopic (exact) mass is 446 g/mol. The molecule has 1 aliphatic heterocycles. The number of rotatable bonds is 9. The van der Waals surface area contributed by atoms with Crippen LogP contribution in [0.2, 0.25) is 0 Å². The van der Waals surface area contributed by atoms with Crippen LogP contribution in [0.15, 0.2) is 60.7 Å². The summed E-state index contributed by atoms with van der Waals surface area (Å²) in [4.78, 5) is 26.7. The zero-order valence-electron chi connectivity index (χ0n) is 18.5. The molecular weight excluding hydrogens is 412 g/mol. The number of aliphatic hydroxyl groups excluding tert-OH is 1. The number of aliphatic hydroxyl groups is 1. The minimum atomic E-state index is -1.32. The number of amides is 1. The summed E-state index contributed by atoms with van der Waals surface area (Å²) in [7, 11) is 1.00. The van der Waals surface area contributed by atoms with Crippen LogP contribution in [-0.2, 0) is 20.7 Å². The molecule has 8 heteroatoms. The van der Waals surface area contributed by atoms with Gasteiger partial charge >= 0.3 is 0 Å². The molecule has 2 aromatic rings. The second-order valence-electron chi connectivity index (χ2n) is 7.43. The van der Waals surface area contributed by atoms with Crippen molar-refractivity contribution >= 4 is 17.6 Å². The first-order chi connectivity index (χ1) is 15.1. The normalized spacial score (nSPS) is 17.3. The number of benzene rings is 2. The Morgan fingerprint density at radius 2 is 1.56 bits per heavy atom. The van der Waals surface area contributed by atoms with Crippen molar-refractivity contribution in [2.24, 2.45) is 0 Å². The lowest BCUT2D eigenvalue weighted by Gasteiger charge is -2.37. The molecule has 0 radical (unpaired) electrons. The van der Waals surface area contributed by atoms with Gasteiger partial charge in [0.2, 0.25) is 0 Å². The lowest BCUT2D eigenvalue weighted by Crippen LogP contribution is -3.13. The minimum absolute atomic E-state index is 0. The van der Waals surface area contributed by atoms with Crippen molar-refractivity contribution in [1.29, 1.82) is 0 Å². The molecule has 4 N–H and O–H groups in total. The molecule has 32 heavy (non-hydrogen) atoms. The Kier molecular flexibility index (Phi) is 12.9. The van der Waals surface area contributed by atoms with Crippen molar-refractivity contribution in [2.45, 2.75) is 25.3 Å². The maximum Gasteiger partial charge on any atom is 0.253 e. The van der Waals surface area contributed by atoms with Crippen LogP contribution < -0.4 is 14.9 Å². The highest BCUT2D eigenvalue weighted by Gasteiger charge is 2.30. The summed E-state index contributed by atoms with van der Waals surface area (Å²) in [5.74, 6) is -1.53. The van der Waals surface area contributed by atoms with E-state index < -0.39 is 12.6 Å². The van der Waals surface area contributed by atoms with Gasteiger partial charge in [-0.15, -0.1) is 0 Å². The summed E-state index contributed by atoms with van der Waals surface area (Å²) >= 11 is 0. The average Bonchev–Trinajstić information content (AvgIpc) is 2.81. The van der Waals surface area contributed by atoms with E-state index in [1.165, 1.54) is 5.56 Å². The van der Waals surface area contributed by atoms with Gasteiger partial charge in [-0.3, -0.25) is 4.79 Å². The number of anilines is 1. The second-order valence-corrected chi connectivity index (χ2v) is 7.43. The van der Waals surface area contributed by atoms with Crippen LogP contribution in [0.25, 0.3) is 0 Å². The molecule has 3 rings (SSSR count). The van der Waals surface area contributed by atoms with E-state index in [9.17, 15) is 14.7 Å². The average molecular weight is 447 g/mol. The molecule has 0 spiro atoms. The van der Waals surface area contributed by atoms with Gasteiger partial charge in [0.25, 0.3) is 5.91 Å². The van der Waals surface area contributed by atoms with Gasteiger partial charge in [0.05, 0.1) is 32.2 Å². The number of ether oxygens (including phenoxy) is 1. The van der Waals surface area contributed by atoms with Crippen LogP contribution in [0.1, 0.15) is 18.4 Å². The van der Waals surface area contributed by atoms with Crippen molar-refractivity contribution < 1.29 is 34.9 Å². The molecule has 176 valence electrons. The summed E-state index contributed by atoms with van der Waals surface area (Å²) in [6.07, 6.45) is 2.87. The molecule has 0 saturated carbocycles. The maximum atomic E-state index is 12.8. The number of carbonyl (C=O) groups is 2. The highest BCUT2D eigenvalue weighted by Crippen LogP contribution is 2.21. The van der Waals surface area contributed by atoms with Gasteiger partial charge in [0.1, 0.15) is 6.61 Å². The van der Waals surface area contributed by atoms with Crippen molar-refractivity contribution in [3.63, 3.8) is 0 Å². The Balaban J connectivity index is 0.00000166. The first kappa shape index (κ1) is 27.3. The molecule has 8 nitrogen and oxygen atoms in total. The Morgan fingerprint density at radius 3 is 2.12 bits per heavy atom. The number of para-hydroxylation sites is 1. The Hall–Kier alpha value is -2.78. The molecule has 1 heterocycles. The second kappa shape index (κ2) is 15.1. The van der Waals surface area contributed by atoms with E-state index in [-0.39, 0.29) is 24.0 Å². The number of nitrogens with zero attached hydrogens (tertiary/aromatic N) is 1. The van der Waals surface area contributed by atoms with E-state index >= 15 is 0 Å². The Morgan fingerprint density at radius 1 is 1.00 bits per heavy atom. The van der Waals surface area contributed by atoms with Gasteiger partial charge in [-0.05, 0) is 17.7 Å². The lowest BCUT2D eigenvalue weighted by atomic mass is 10.0. The third kappa shape index (κ3) is 8.76. The van der Waals surface area contributed by atoms with Crippen LogP contribution in [0.3, 0.4) is 0 Å². The molecule has 1 fully saturated rings. The van der Waals surface area contributed by atoms with Crippen molar-refractivity contribution in [3.05, 3.63) is 66.2 Å². The number of nitrogens with one attached hydrogen (secondary N) is 1. The number of carboxylic acid groups (broad SMARTS) is 1. The van der Waals surface area contributed by atoms with E-state index in [4.69, 9.17) is 9.84 Å². The van der Waals surface area contributed by atoms with Crippen LogP contribution in [-0.4, -0.2) is 68.5 Å². The van der Waals surface area contributed by atoms with Gasteiger partial charge in [-0.25, -0.2) is 0 Å². The molecule has 0 aromatic heterocycles. The Labute approximate surface area is 189 Å². The van der Waals surface area contributed by atoms with E-state index in [0.717, 1.165) is 51.7 Å². The standard InChI is InChI=1S/C23H28N2O4.CH4O.H2O/c26-22(17-29-18-23(27)28)25(20-9-5-2-6-10-20)21-12-15-24(16-13-21)14-11-19-7-3-1-4-8-19;1-2;/h1-10,21H,11-18H2,(H,27,28);2H,1H3;1H2. The number of piperidine rings is 1. The van der Waals surface area contributed by atoms with Gasteiger partial charge in [0, 0.05) is 38.1 Å². The molecule has 0 bridgehead atoms. The van der Waals surface area contributed by atoms with Crippen molar-refractivity contribution in [1.82, 2.24) is 0 Å². The number of carbonyl (C=O) groups excluding carboxylic acids is 2. The Bertz CT molecular complexity index is 780. The van der Waals surface area contributed by atoms with E-state index in [1.807, 2.05) is 36.4 Å². The number of carboxylic acids is 1. The number of likely N-dealkylation sites (tertiary alicyclic amines) is 1. The third-order valence-electron chi connectivity index (χ3n) is 5.39. The molecule has 1 aliphatic rings. The van der Waals surface area contributed by atoms with Crippen LogP contribution >= 0.6 is 0 Å². The minimum Gasteiger partial charge on any atom is -0.548 e. The number of hydrogen-bond donors (Lipinski definition) is 2. The molecule has 0 aliphatic carbocycles. The van der Waals surface area contributed by atoms with Gasteiger partial charge in [0.15, 0.2) is 0 Å². The number of quaternary nitrogens is 1. The molecule has 0 atom stereocenters. The topological polar surface area (TPSA) is 126 Å². The van der Waals surface area contributed by atoms with Crippen LogP contribution in [0.4, 0.5) is 5.69 Å². The third-order valence-corrected chi connectivity index (χ3v) is 5.39. The first-order valence-corrected chi connectivity index (χ1v) is 10.6. The van der Waals surface area contributed by atoms with E-state index in [1.54, 1.807) is 9.80 Å². The first-order valence-electron chi connectivity index (χ1n) is 10.6. The molecule has 1 amide bonds. The molecule has 1 saturated heterocycles. The number of hydrogen-bond acceptors (Lipinski definition) is 5. The maximum absolute atomic E-state index is 12.8. The zero-order valence-corrected chi connectivity index (χ0v) is 18.5. The summed E-state index contributed by atoms with van der Waals surface area (Å²) in [5.41, 5.74) is 2.18. The van der Waals surface area contributed by atoms with Gasteiger partial charge < -0.3 is 35.0 Å². The molecular formula is C24H34N2O6. The number of aliphatic carboxylic acids is 1. The summed E-state index contributed by atoms with van der Waals surface area (Å²) < 4.78 is 5.00. The summed E-state index contributed by atoms with van der Waals surface area (Å²) in [6, 6.07) is 20.1. The predicted octanol–water partition coefficient (Wildman–Crippen LogP) is -1.14. The lowest BCUT2D eigenvalue weighted by molar-refractivity contribution is -0.904. The van der Waals surface area contributed by atoms with Gasteiger partial charge in [-0.1, -0.05) is 48.5 Å². The van der Waals surface area contributed by atoms with E-state index in [2.05, 4.69) is 24.3 Å². The van der Waals surface area contributed by atoms with E-state index in [0.29, 0.717) is 0 Å². The predicted molar refractivity (Wildman–Crippen MR) is 120 cm³/mol. The largest absolute Gasteiger partial charge is 0.548 e. The smallest absolute Gasteiger partial charge is 0.253 e. The summed E-state index contributed by atoms with van der Waals surface area (Å²) in [5, 5.41) is 17.6. The molecule has 0 unspecified atom stereocenters. The summed E-state index contributed by atoms with van der Waals surface area (Å²) in [6.45, 7) is 2.27. The SMILES string of the molecule is CO.O.O=C([O-])COCC(=O)N(c1ccccc1)C1CC[NH+](CCc2ccccc2)CC1. The quantitative estimate of drug-likeness (QED) is 0.504. The fourth-order valence-electron chi connectivity index (χ4n) is 3.92. The van der Waals surface area contributed by atoms with Crippen LogP contribution in [0, 0.1) is 0 Å². The highest BCUT2D eigenvalue weighted by atomic mass is 16.5. The van der Waals surface area contributed by atoms with Crippen molar-refractivity contribution in [2.75, 3.05) is 44.9 Å². The van der Waals surface area contributed by atoms with Gasteiger partial charge in [-0.2, -0.15) is 0 Å². The van der Waals surface area contributed by atoms with Crippen LogP contribution in [0.5, 0.6) is 0 Å². The molecule has 2 aromatic carbocycles.